The zero-order valence-corrected chi connectivity index (χ0v) is 16.3. The van der Waals surface area contributed by atoms with E-state index in [4.69, 9.17) is 0 Å². The van der Waals surface area contributed by atoms with Crippen molar-refractivity contribution in [2.45, 2.75) is 19.8 Å². The molecule has 3 aromatic rings. The van der Waals surface area contributed by atoms with Gasteiger partial charge in [-0.2, -0.15) is 0 Å². The van der Waals surface area contributed by atoms with Crippen LogP contribution in [0.5, 0.6) is 0 Å². The number of fused-ring (bicyclic) bond motifs is 1. The van der Waals surface area contributed by atoms with Crippen LogP contribution in [0, 0.1) is 0 Å². The molecule has 0 aliphatic rings. The molecule has 0 unspecified atom stereocenters. The van der Waals surface area contributed by atoms with Gasteiger partial charge in [0.05, 0.1) is 17.2 Å². The first-order chi connectivity index (χ1) is 13.6. The summed E-state index contributed by atoms with van der Waals surface area (Å²) in [6.07, 6.45) is 7.48. The van der Waals surface area contributed by atoms with E-state index in [1.807, 2.05) is 47.4 Å². The number of rotatable bonds is 7. The lowest BCUT2D eigenvalue weighted by Crippen LogP contribution is -2.32. The molecule has 0 bridgehead atoms. The highest BCUT2D eigenvalue weighted by atomic mass is 16.2. The third kappa shape index (κ3) is 4.55. The summed E-state index contributed by atoms with van der Waals surface area (Å²) >= 11 is 0. The second kappa shape index (κ2) is 9.13. The Morgan fingerprint density at radius 2 is 1.96 bits per heavy atom. The fourth-order valence-corrected chi connectivity index (χ4v) is 3.03. The van der Waals surface area contributed by atoms with Crippen molar-refractivity contribution in [1.29, 1.82) is 0 Å². The van der Waals surface area contributed by atoms with E-state index in [0.717, 1.165) is 18.4 Å². The smallest absolute Gasteiger partial charge is 0.260 e. The van der Waals surface area contributed by atoms with E-state index < -0.39 is 0 Å². The van der Waals surface area contributed by atoms with E-state index in [-0.39, 0.29) is 11.5 Å². The maximum atomic E-state index is 13.1. The predicted molar refractivity (Wildman–Crippen MR) is 113 cm³/mol. The summed E-state index contributed by atoms with van der Waals surface area (Å²) in [5.74, 6) is -0.0458. The van der Waals surface area contributed by atoms with Crippen molar-refractivity contribution in [3.05, 3.63) is 82.4 Å². The highest BCUT2D eigenvalue weighted by Crippen LogP contribution is 2.13. The van der Waals surface area contributed by atoms with Crippen molar-refractivity contribution >= 4 is 22.9 Å². The van der Waals surface area contributed by atoms with Crippen LogP contribution in [0.25, 0.3) is 17.0 Å². The van der Waals surface area contributed by atoms with E-state index in [1.54, 1.807) is 25.2 Å². The third-order valence-electron chi connectivity index (χ3n) is 4.67. The van der Waals surface area contributed by atoms with Crippen molar-refractivity contribution in [3.8, 4) is 0 Å². The Bertz CT molecular complexity index is 1040. The molecule has 1 aromatic heterocycles. The Morgan fingerprint density at radius 3 is 2.71 bits per heavy atom. The van der Waals surface area contributed by atoms with Crippen molar-refractivity contribution in [2.75, 3.05) is 13.1 Å². The van der Waals surface area contributed by atoms with Gasteiger partial charge in [-0.15, -0.1) is 0 Å². The van der Waals surface area contributed by atoms with Crippen LogP contribution in [0.3, 0.4) is 0 Å². The fourth-order valence-electron chi connectivity index (χ4n) is 3.03. The molecule has 3 rings (SSSR count). The Hall–Kier alpha value is -3.21. The summed E-state index contributed by atoms with van der Waals surface area (Å²) in [4.78, 5) is 31.4. The topological polar surface area (TPSA) is 55.2 Å². The average molecular weight is 375 g/mol. The molecule has 0 spiro atoms. The van der Waals surface area contributed by atoms with Gasteiger partial charge in [-0.3, -0.25) is 9.59 Å². The molecule has 1 heterocycles. The molecule has 5 nitrogen and oxygen atoms in total. The van der Waals surface area contributed by atoms with Crippen LogP contribution in [0.4, 0.5) is 0 Å². The molecule has 0 radical (unpaired) electrons. The van der Waals surface area contributed by atoms with Crippen LogP contribution in [-0.2, 0) is 7.05 Å². The highest BCUT2D eigenvalue weighted by Gasteiger charge is 2.15. The largest absolute Gasteiger partial charge is 0.335 e. The molecule has 0 aliphatic carbocycles. The number of benzene rings is 2. The molecule has 5 heteroatoms. The number of carbonyl (C=O) groups excluding carboxylic acids is 1. The van der Waals surface area contributed by atoms with E-state index in [9.17, 15) is 9.59 Å². The van der Waals surface area contributed by atoms with Crippen molar-refractivity contribution in [3.63, 3.8) is 0 Å². The maximum absolute atomic E-state index is 13.1. The third-order valence-corrected chi connectivity index (χ3v) is 4.67. The number of nitrogens with zero attached hydrogens (tertiary/aromatic N) is 3. The van der Waals surface area contributed by atoms with Gasteiger partial charge < -0.3 is 9.47 Å². The Morgan fingerprint density at radius 1 is 1.18 bits per heavy atom. The number of aryl methyl sites for hydroxylation is 1. The highest BCUT2D eigenvalue weighted by molar-refractivity contribution is 5.97. The lowest BCUT2D eigenvalue weighted by Gasteiger charge is -2.21. The molecule has 144 valence electrons. The summed E-state index contributed by atoms with van der Waals surface area (Å²) in [5.41, 5.74) is 2.09. The monoisotopic (exact) mass is 375 g/mol. The van der Waals surface area contributed by atoms with Crippen LogP contribution in [0.1, 0.15) is 35.7 Å². The Balaban J connectivity index is 1.82. The summed E-state index contributed by atoms with van der Waals surface area (Å²) in [6, 6.07) is 15.1. The SMILES string of the molecule is CCCCN(C/C=C/c1ccccc1)C(=O)c1ccc2c(=O)n(C)cnc2c1. The molecule has 2 aromatic carbocycles. The summed E-state index contributed by atoms with van der Waals surface area (Å²) in [5, 5.41) is 0.519. The van der Waals surface area contributed by atoms with Gasteiger partial charge in [-0.05, 0) is 30.2 Å². The van der Waals surface area contributed by atoms with Gasteiger partial charge in [-0.1, -0.05) is 55.8 Å². The molecule has 0 saturated carbocycles. The van der Waals surface area contributed by atoms with E-state index >= 15 is 0 Å². The van der Waals surface area contributed by atoms with E-state index in [1.165, 1.54) is 10.9 Å². The number of hydrogen-bond donors (Lipinski definition) is 0. The molecular weight excluding hydrogens is 350 g/mol. The minimum Gasteiger partial charge on any atom is -0.335 e. The first-order valence-electron chi connectivity index (χ1n) is 9.56. The summed E-state index contributed by atoms with van der Waals surface area (Å²) < 4.78 is 1.44. The van der Waals surface area contributed by atoms with Crippen LogP contribution in [0.2, 0.25) is 0 Å². The number of hydrogen-bond acceptors (Lipinski definition) is 3. The van der Waals surface area contributed by atoms with Crippen molar-refractivity contribution < 1.29 is 4.79 Å². The Kier molecular flexibility index (Phi) is 6.37. The van der Waals surface area contributed by atoms with Crippen LogP contribution < -0.4 is 5.56 Å². The predicted octanol–water partition coefficient (Wildman–Crippen LogP) is 3.89. The Labute approximate surface area is 164 Å². The molecule has 0 N–H and O–H groups in total. The second-order valence-electron chi connectivity index (χ2n) is 6.81. The fraction of sp³-hybridized carbons (Fsp3) is 0.261. The summed E-state index contributed by atoms with van der Waals surface area (Å²) in [7, 11) is 1.67. The van der Waals surface area contributed by atoms with Gasteiger partial charge in [0.15, 0.2) is 0 Å². The first kappa shape index (κ1) is 19.5. The molecule has 0 atom stereocenters. The number of unbranched alkanes of at least 4 members (excludes halogenated alkanes) is 1. The molecule has 28 heavy (non-hydrogen) atoms. The van der Waals surface area contributed by atoms with Gasteiger partial charge >= 0.3 is 0 Å². The zero-order chi connectivity index (χ0) is 19.9. The summed E-state index contributed by atoms with van der Waals surface area (Å²) in [6.45, 7) is 3.34. The quantitative estimate of drug-likeness (QED) is 0.629. The minimum atomic E-state index is -0.113. The zero-order valence-electron chi connectivity index (χ0n) is 16.3. The van der Waals surface area contributed by atoms with E-state index in [2.05, 4.69) is 11.9 Å². The number of amides is 1. The molecule has 1 amide bonds. The lowest BCUT2D eigenvalue weighted by molar-refractivity contribution is 0.0772. The van der Waals surface area contributed by atoms with Crippen LogP contribution in [0.15, 0.2) is 65.7 Å². The van der Waals surface area contributed by atoms with Crippen LogP contribution in [-0.4, -0.2) is 33.4 Å². The minimum absolute atomic E-state index is 0.0458. The average Bonchev–Trinajstić information content (AvgIpc) is 2.73. The molecular formula is C23H25N3O2. The molecule has 0 aliphatic heterocycles. The second-order valence-corrected chi connectivity index (χ2v) is 6.81. The lowest BCUT2D eigenvalue weighted by atomic mass is 10.1. The van der Waals surface area contributed by atoms with Gasteiger partial charge in [0.1, 0.15) is 0 Å². The van der Waals surface area contributed by atoms with Crippen molar-refractivity contribution in [1.82, 2.24) is 14.5 Å². The number of carbonyl (C=O) groups is 1. The number of aromatic nitrogens is 2. The van der Waals surface area contributed by atoms with Crippen molar-refractivity contribution in [2.24, 2.45) is 7.05 Å². The standard InChI is InChI=1S/C23H25N3O2/c1-3-4-14-26(15-8-11-18-9-6-5-7-10-18)22(27)19-12-13-20-21(16-19)24-17-25(2)23(20)28/h5-13,16-17H,3-4,14-15H2,1-2H3/b11-8+. The van der Waals surface area contributed by atoms with Gasteiger partial charge in [-0.25, -0.2) is 4.98 Å². The maximum Gasteiger partial charge on any atom is 0.260 e. The first-order valence-corrected chi connectivity index (χ1v) is 9.56. The van der Waals surface area contributed by atoms with Gasteiger partial charge in [0.25, 0.3) is 11.5 Å². The van der Waals surface area contributed by atoms with Gasteiger partial charge in [0.2, 0.25) is 0 Å². The van der Waals surface area contributed by atoms with Crippen LogP contribution >= 0.6 is 0 Å². The van der Waals surface area contributed by atoms with E-state index in [0.29, 0.717) is 29.6 Å². The molecule has 0 saturated heterocycles. The van der Waals surface area contributed by atoms with Gasteiger partial charge in [0, 0.05) is 25.7 Å². The normalized spacial score (nSPS) is 11.2. The molecule has 0 fully saturated rings.